The number of aliphatic hydroxyl groups is 1. The van der Waals surface area contributed by atoms with Gasteiger partial charge in [0.25, 0.3) is 0 Å². The van der Waals surface area contributed by atoms with Crippen LogP contribution < -0.4 is 4.74 Å². The summed E-state index contributed by atoms with van der Waals surface area (Å²) >= 11 is 3.47. The lowest BCUT2D eigenvalue weighted by Gasteiger charge is -2.34. The molecule has 0 radical (unpaired) electrons. The van der Waals surface area contributed by atoms with Crippen LogP contribution in [0.3, 0.4) is 0 Å². The zero-order chi connectivity index (χ0) is 13.0. The molecule has 18 heavy (non-hydrogen) atoms. The molecule has 0 saturated carbocycles. The molecule has 1 unspecified atom stereocenters. The lowest BCUT2D eigenvalue weighted by atomic mass is 10.1. The fourth-order valence-electron chi connectivity index (χ4n) is 2.16. The number of halogens is 1. The van der Waals surface area contributed by atoms with Crippen LogP contribution >= 0.6 is 15.9 Å². The fraction of sp³-hybridized carbons (Fsp3) is 0.538. The van der Waals surface area contributed by atoms with Crippen LogP contribution in [-0.2, 0) is 11.3 Å². The van der Waals surface area contributed by atoms with E-state index in [1.807, 2.05) is 12.1 Å². The number of methoxy groups -OCH3 is 1. The average Bonchev–Trinajstić information content (AvgIpc) is 2.40. The molecule has 0 aliphatic carbocycles. The van der Waals surface area contributed by atoms with Crippen LogP contribution in [0, 0.1) is 0 Å². The Morgan fingerprint density at radius 1 is 1.56 bits per heavy atom. The number of ether oxygens (including phenoxy) is 2. The van der Waals surface area contributed by atoms with E-state index in [4.69, 9.17) is 9.47 Å². The van der Waals surface area contributed by atoms with Crippen molar-refractivity contribution in [1.29, 1.82) is 0 Å². The van der Waals surface area contributed by atoms with Crippen LogP contribution in [0.4, 0.5) is 0 Å². The topological polar surface area (TPSA) is 41.9 Å². The Hall–Kier alpha value is -0.620. The Morgan fingerprint density at radius 2 is 2.39 bits per heavy atom. The highest BCUT2D eigenvalue weighted by Gasteiger charge is 2.23. The van der Waals surface area contributed by atoms with Crippen molar-refractivity contribution in [3.05, 3.63) is 28.2 Å². The molecule has 4 nitrogen and oxygen atoms in total. The maximum Gasteiger partial charge on any atom is 0.123 e. The van der Waals surface area contributed by atoms with Gasteiger partial charge < -0.3 is 14.6 Å². The molecule has 1 N–H and O–H groups in total. The van der Waals surface area contributed by atoms with E-state index in [1.54, 1.807) is 7.11 Å². The molecule has 1 aliphatic heterocycles. The number of nitrogens with zero attached hydrogens (tertiary/aromatic N) is 1. The summed E-state index contributed by atoms with van der Waals surface area (Å²) in [7, 11) is 1.68. The standard InChI is InChI=1S/C13H18BrNO3/c1-17-13-3-2-11(14)6-10(13)7-15-4-5-18-9-12(15)8-16/h2-3,6,12,16H,4-5,7-9H2,1H3. The minimum Gasteiger partial charge on any atom is -0.496 e. The van der Waals surface area contributed by atoms with Gasteiger partial charge in [0.05, 0.1) is 33.0 Å². The molecule has 0 bridgehead atoms. The van der Waals surface area contributed by atoms with Gasteiger partial charge in [-0.2, -0.15) is 0 Å². The first-order chi connectivity index (χ1) is 8.74. The highest BCUT2D eigenvalue weighted by atomic mass is 79.9. The molecule has 0 amide bonds. The van der Waals surface area contributed by atoms with E-state index in [0.717, 1.165) is 28.9 Å². The molecule has 1 aromatic carbocycles. The van der Waals surface area contributed by atoms with Crippen molar-refractivity contribution < 1.29 is 14.6 Å². The Labute approximate surface area is 116 Å². The second-order valence-electron chi connectivity index (χ2n) is 4.34. The summed E-state index contributed by atoms with van der Waals surface area (Å²) in [6.45, 7) is 3.02. The van der Waals surface area contributed by atoms with Crippen molar-refractivity contribution in [2.75, 3.05) is 33.5 Å². The van der Waals surface area contributed by atoms with Gasteiger partial charge in [-0.25, -0.2) is 0 Å². The fourth-order valence-corrected chi connectivity index (χ4v) is 2.56. The molecule has 1 heterocycles. The van der Waals surface area contributed by atoms with Gasteiger partial charge in [0, 0.05) is 23.1 Å². The summed E-state index contributed by atoms with van der Waals surface area (Å²) in [4.78, 5) is 2.23. The molecule has 0 aromatic heterocycles. The second-order valence-corrected chi connectivity index (χ2v) is 5.25. The maximum absolute atomic E-state index is 9.36. The van der Waals surface area contributed by atoms with Gasteiger partial charge in [0.1, 0.15) is 5.75 Å². The molecule has 1 saturated heterocycles. The number of benzene rings is 1. The lowest BCUT2D eigenvalue weighted by Crippen LogP contribution is -2.46. The van der Waals surface area contributed by atoms with E-state index in [1.165, 1.54) is 0 Å². The Bertz CT molecular complexity index is 400. The minimum atomic E-state index is 0.0717. The van der Waals surface area contributed by atoms with E-state index in [2.05, 4.69) is 26.9 Å². The van der Waals surface area contributed by atoms with Gasteiger partial charge in [0.2, 0.25) is 0 Å². The molecule has 2 rings (SSSR count). The monoisotopic (exact) mass is 315 g/mol. The van der Waals surface area contributed by atoms with Gasteiger partial charge in [-0.15, -0.1) is 0 Å². The van der Waals surface area contributed by atoms with Crippen molar-refractivity contribution in [2.24, 2.45) is 0 Å². The first kappa shape index (κ1) is 13.8. The van der Waals surface area contributed by atoms with Crippen LogP contribution in [-0.4, -0.2) is 49.5 Å². The molecule has 1 aromatic rings. The summed E-state index contributed by atoms with van der Waals surface area (Å²) < 4.78 is 11.8. The molecule has 1 aliphatic rings. The average molecular weight is 316 g/mol. The Morgan fingerprint density at radius 3 is 3.11 bits per heavy atom. The van der Waals surface area contributed by atoms with Crippen molar-refractivity contribution >= 4 is 15.9 Å². The van der Waals surface area contributed by atoms with Crippen LogP contribution in [0.15, 0.2) is 22.7 Å². The summed E-state index contributed by atoms with van der Waals surface area (Å²) in [5, 5.41) is 9.36. The summed E-state index contributed by atoms with van der Waals surface area (Å²) in [6, 6.07) is 6.05. The predicted molar refractivity (Wildman–Crippen MR) is 72.8 cm³/mol. The first-order valence-corrected chi connectivity index (χ1v) is 6.79. The number of morpholine rings is 1. The highest BCUT2D eigenvalue weighted by Crippen LogP contribution is 2.25. The third-order valence-electron chi connectivity index (χ3n) is 3.18. The predicted octanol–water partition coefficient (Wildman–Crippen LogP) is 1.65. The van der Waals surface area contributed by atoms with E-state index < -0.39 is 0 Å². The van der Waals surface area contributed by atoms with Crippen molar-refractivity contribution in [1.82, 2.24) is 4.90 Å². The maximum atomic E-state index is 9.36. The third-order valence-corrected chi connectivity index (χ3v) is 3.67. The van der Waals surface area contributed by atoms with Crippen molar-refractivity contribution in [3.8, 4) is 5.75 Å². The molecular weight excluding hydrogens is 298 g/mol. The van der Waals surface area contributed by atoms with Gasteiger partial charge in [0.15, 0.2) is 0 Å². The zero-order valence-electron chi connectivity index (χ0n) is 10.4. The van der Waals surface area contributed by atoms with Gasteiger partial charge in [-0.3, -0.25) is 4.90 Å². The Kier molecular flexibility index (Phi) is 5.00. The van der Waals surface area contributed by atoms with E-state index >= 15 is 0 Å². The quantitative estimate of drug-likeness (QED) is 0.917. The van der Waals surface area contributed by atoms with E-state index in [-0.39, 0.29) is 12.6 Å². The van der Waals surface area contributed by atoms with Gasteiger partial charge >= 0.3 is 0 Å². The molecule has 5 heteroatoms. The lowest BCUT2D eigenvalue weighted by molar-refractivity contribution is -0.0315. The highest BCUT2D eigenvalue weighted by molar-refractivity contribution is 9.10. The largest absolute Gasteiger partial charge is 0.496 e. The SMILES string of the molecule is COc1ccc(Br)cc1CN1CCOCC1CO. The number of rotatable bonds is 4. The van der Waals surface area contributed by atoms with E-state index in [0.29, 0.717) is 13.2 Å². The Balaban J connectivity index is 2.14. The molecule has 1 fully saturated rings. The molecule has 1 atom stereocenters. The van der Waals surface area contributed by atoms with E-state index in [9.17, 15) is 5.11 Å². The summed E-state index contributed by atoms with van der Waals surface area (Å²) in [6.07, 6.45) is 0. The van der Waals surface area contributed by atoms with Crippen LogP contribution in [0.2, 0.25) is 0 Å². The third kappa shape index (κ3) is 3.23. The number of hydrogen-bond acceptors (Lipinski definition) is 4. The first-order valence-electron chi connectivity index (χ1n) is 5.99. The van der Waals surface area contributed by atoms with Crippen LogP contribution in [0.1, 0.15) is 5.56 Å². The van der Waals surface area contributed by atoms with Gasteiger partial charge in [-0.05, 0) is 18.2 Å². The molecule has 0 spiro atoms. The normalized spacial score (nSPS) is 20.9. The second kappa shape index (κ2) is 6.52. The molecular formula is C13H18BrNO3. The minimum absolute atomic E-state index is 0.0717. The van der Waals surface area contributed by atoms with Crippen molar-refractivity contribution in [2.45, 2.75) is 12.6 Å². The van der Waals surface area contributed by atoms with Crippen LogP contribution in [0.25, 0.3) is 0 Å². The smallest absolute Gasteiger partial charge is 0.123 e. The summed E-state index contributed by atoms with van der Waals surface area (Å²) in [5.74, 6) is 0.876. The summed E-state index contributed by atoms with van der Waals surface area (Å²) in [5.41, 5.74) is 1.12. The molecule has 100 valence electrons. The zero-order valence-corrected chi connectivity index (χ0v) is 12.0. The number of hydrogen-bond donors (Lipinski definition) is 1. The van der Waals surface area contributed by atoms with Gasteiger partial charge in [-0.1, -0.05) is 15.9 Å². The number of aliphatic hydroxyl groups excluding tert-OH is 1. The van der Waals surface area contributed by atoms with Crippen LogP contribution in [0.5, 0.6) is 5.75 Å². The van der Waals surface area contributed by atoms with Crippen molar-refractivity contribution in [3.63, 3.8) is 0 Å².